The van der Waals surface area contributed by atoms with E-state index in [0.717, 1.165) is 0 Å². The molecule has 4 N–H and O–H groups in total. The van der Waals surface area contributed by atoms with Crippen LogP contribution in [-0.4, -0.2) is 23.4 Å². The van der Waals surface area contributed by atoms with Crippen LogP contribution in [0.1, 0.15) is 18.5 Å². The van der Waals surface area contributed by atoms with E-state index < -0.39 is 12.1 Å². The molecule has 0 saturated carbocycles. The number of rotatable bonds is 3. The molecule has 0 spiro atoms. The quantitative estimate of drug-likeness (QED) is 0.669. The van der Waals surface area contributed by atoms with Gasteiger partial charge in [0.05, 0.1) is 19.3 Å². The third-order valence-corrected chi connectivity index (χ3v) is 2.11. The fourth-order valence-corrected chi connectivity index (χ4v) is 1.19. The second-order valence-electron chi connectivity index (χ2n) is 3.20. The second kappa shape index (κ2) is 4.30. The number of aromatic hydroxyl groups is 1. The number of phenols is 1. The topological polar surface area (TPSA) is 75.7 Å². The van der Waals surface area contributed by atoms with Crippen LogP contribution in [0.2, 0.25) is 0 Å². The monoisotopic (exact) mass is 197 g/mol. The largest absolute Gasteiger partial charge is 0.504 e. The highest BCUT2D eigenvalue weighted by Gasteiger charge is 2.13. The molecule has 4 nitrogen and oxygen atoms in total. The molecule has 0 radical (unpaired) electrons. The maximum absolute atomic E-state index is 9.46. The maximum Gasteiger partial charge on any atom is 0.160 e. The van der Waals surface area contributed by atoms with Crippen molar-refractivity contribution in [2.24, 2.45) is 5.73 Å². The predicted octanol–water partition coefficient (Wildman–Crippen LogP) is 0.781. The molecule has 1 aromatic carbocycles. The lowest BCUT2D eigenvalue weighted by molar-refractivity contribution is 0.164. The summed E-state index contributed by atoms with van der Waals surface area (Å²) >= 11 is 0. The Labute approximate surface area is 82.9 Å². The van der Waals surface area contributed by atoms with Gasteiger partial charge >= 0.3 is 0 Å². The van der Waals surface area contributed by atoms with Gasteiger partial charge in [-0.2, -0.15) is 0 Å². The van der Waals surface area contributed by atoms with Crippen molar-refractivity contribution in [2.45, 2.75) is 19.1 Å². The van der Waals surface area contributed by atoms with Crippen molar-refractivity contribution in [3.8, 4) is 11.5 Å². The van der Waals surface area contributed by atoms with Crippen LogP contribution in [0.5, 0.6) is 11.5 Å². The summed E-state index contributed by atoms with van der Waals surface area (Å²) in [5.41, 5.74) is 6.38. The van der Waals surface area contributed by atoms with Crippen molar-refractivity contribution < 1.29 is 14.9 Å². The summed E-state index contributed by atoms with van der Waals surface area (Å²) in [6, 6.07) is 4.34. The average Bonchev–Trinajstić information content (AvgIpc) is 2.16. The van der Waals surface area contributed by atoms with Gasteiger partial charge < -0.3 is 20.7 Å². The minimum absolute atomic E-state index is 0.0288. The molecule has 14 heavy (non-hydrogen) atoms. The Morgan fingerprint density at radius 3 is 2.50 bits per heavy atom. The highest BCUT2D eigenvalue weighted by Crippen LogP contribution is 2.28. The zero-order valence-corrected chi connectivity index (χ0v) is 8.27. The van der Waals surface area contributed by atoms with Crippen LogP contribution < -0.4 is 10.5 Å². The summed E-state index contributed by atoms with van der Waals surface area (Å²) < 4.78 is 4.89. The van der Waals surface area contributed by atoms with Crippen LogP contribution in [-0.2, 0) is 0 Å². The number of phenolic OH excluding ortho intramolecular Hbond substituents is 1. The standard InChI is InChI=1S/C10H15NO3/c1-6(12)10(11)7-3-4-9(14-2)8(13)5-7/h3-6,10,12-13H,11H2,1-2H3/t6-,10-/m1/s1. The van der Waals surface area contributed by atoms with Crippen LogP contribution in [0.4, 0.5) is 0 Å². The smallest absolute Gasteiger partial charge is 0.160 e. The summed E-state index contributed by atoms with van der Waals surface area (Å²) in [7, 11) is 1.48. The number of nitrogens with two attached hydrogens (primary N) is 1. The fourth-order valence-electron chi connectivity index (χ4n) is 1.19. The summed E-state index contributed by atoms with van der Waals surface area (Å²) in [6.45, 7) is 1.60. The molecule has 0 bridgehead atoms. The van der Waals surface area contributed by atoms with Gasteiger partial charge in [-0.1, -0.05) is 6.07 Å². The zero-order chi connectivity index (χ0) is 10.7. The van der Waals surface area contributed by atoms with E-state index in [1.54, 1.807) is 19.1 Å². The van der Waals surface area contributed by atoms with Crippen molar-refractivity contribution in [3.63, 3.8) is 0 Å². The molecule has 0 aliphatic rings. The number of aliphatic hydroxyl groups is 1. The lowest BCUT2D eigenvalue weighted by atomic mass is 10.0. The molecule has 0 aromatic heterocycles. The fraction of sp³-hybridized carbons (Fsp3) is 0.400. The van der Waals surface area contributed by atoms with Crippen LogP contribution in [0.15, 0.2) is 18.2 Å². The van der Waals surface area contributed by atoms with Crippen molar-refractivity contribution in [2.75, 3.05) is 7.11 Å². The lowest BCUT2D eigenvalue weighted by Crippen LogP contribution is -2.22. The van der Waals surface area contributed by atoms with Gasteiger partial charge in [-0.15, -0.1) is 0 Å². The van der Waals surface area contributed by atoms with Crippen molar-refractivity contribution in [3.05, 3.63) is 23.8 Å². The molecular formula is C10H15NO3. The van der Waals surface area contributed by atoms with Gasteiger partial charge in [0.15, 0.2) is 11.5 Å². The Kier molecular flexibility index (Phi) is 3.33. The van der Waals surface area contributed by atoms with Crippen molar-refractivity contribution in [1.29, 1.82) is 0 Å². The highest BCUT2D eigenvalue weighted by atomic mass is 16.5. The number of aliphatic hydroxyl groups excluding tert-OH is 1. The minimum Gasteiger partial charge on any atom is -0.504 e. The number of hydrogen-bond donors (Lipinski definition) is 3. The Hall–Kier alpha value is -1.26. The molecule has 4 heteroatoms. The summed E-state index contributed by atoms with van der Waals surface area (Å²) in [5.74, 6) is 0.424. The SMILES string of the molecule is COc1ccc([C@H](N)[C@@H](C)O)cc1O. The number of hydrogen-bond acceptors (Lipinski definition) is 4. The number of benzene rings is 1. The normalized spacial score (nSPS) is 14.9. The molecule has 0 heterocycles. The van der Waals surface area contributed by atoms with E-state index in [2.05, 4.69) is 0 Å². The van der Waals surface area contributed by atoms with Crippen LogP contribution >= 0.6 is 0 Å². The van der Waals surface area contributed by atoms with Gasteiger partial charge in [-0.25, -0.2) is 0 Å². The van der Waals surface area contributed by atoms with Gasteiger partial charge in [0.2, 0.25) is 0 Å². The van der Waals surface area contributed by atoms with Crippen molar-refractivity contribution in [1.82, 2.24) is 0 Å². The Balaban J connectivity index is 2.96. The predicted molar refractivity (Wildman–Crippen MR) is 53.3 cm³/mol. The van der Waals surface area contributed by atoms with Gasteiger partial charge in [-0.05, 0) is 24.6 Å². The van der Waals surface area contributed by atoms with E-state index >= 15 is 0 Å². The number of ether oxygens (including phenoxy) is 1. The van der Waals surface area contributed by atoms with Gasteiger partial charge in [-0.3, -0.25) is 0 Å². The molecule has 1 aromatic rings. The molecule has 0 fully saturated rings. The molecule has 0 unspecified atom stereocenters. The maximum atomic E-state index is 9.46. The minimum atomic E-state index is -0.650. The first-order valence-corrected chi connectivity index (χ1v) is 4.36. The van der Waals surface area contributed by atoms with E-state index in [0.29, 0.717) is 11.3 Å². The van der Waals surface area contributed by atoms with Gasteiger partial charge in [0.25, 0.3) is 0 Å². The lowest BCUT2D eigenvalue weighted by Gasteiger charge is -2.15. The van der Waals surface area contributed by atoms with E-state index in [1.165, 1.54) is 13.2 Å². The third kappa shape index (κ3) is 2.16. The Morgan fingerprint density at radius 1 is 1.43 bits per heavy atom. The van der Waals surface area contributed by atoms with Gasteiger partial charge in [0.1, 0.15) is 0 Å². The van der Waals surface area contributed by atoms with E-state index in [4.69, 9.17) is 10.5 Å². The summed E-state index contributed by atoms with van der Waals surface area (Å²) in [6.07, 6.45) is -0.650. The molecule has 0 amide bonds. The first kappa shape index (κ1) is 10.8. The third-order valence-electron chi connectivity index (χ3n) is 2.11. The highest BCUT2D eigenvalue weighted by molar-refractivity contribution is 5.42. The van der Waals surface area contributed by atoms with Crippen LogP contribution in [0.25, 0.3) is 0 Å². The first-order valence-electron chi connectivity index (χ1n) is 4.36. The molecule has 0 aliphatic carbocycles. The van der Waals surface area contributed by atoms with Crippen LogP contribution in [0.3, 0.4) is 0 Å². The van der Waals surface area contributed by atoms with E-state index in [9.17, 15) is 10.2 Å². The Bertz CT molecular complexity index is 312. The molecular weight excluding hydrogens is 182 g/mol. The first-order chi connectivity index (χ1) is 6.56. The Morgan fingerprint density at radius 2 is 2.07 bits per heavy atom. The summed E-state index contributed by atoms with van der Waals surface area (Å²) in [5, 5.41) is 18.7. The van der Waals surface area contributed by atoms with Crippen LogP contribution in [0, 0.1) is 0 Å². The molecule has 1 rings (SSSR count). The molecule has 0 aliphatic heterocycles. The van der Waals surface area contributed by atoms with Crippen molar-refractivity contribution >= 4 is 0 Å². The van der Waals surface area contributed by atoms with E-state index in [-0.39, 0.29) is 5.75 Å². The molecule has 2 atom stereocenters. The number of methoxy groups -OCH3 is 1. The average molecular weight is 197 g/mol. The van der Waals surface area contributed by atoms with Gasteiger partial charge in [0, 0.05) is 0 Å². The second-order valence-corrected chi connectivity index (χ2v) is 3.20. The molecule has 0 saturated heterocycles. The molecule has 78 valence electrons. The van der Waals surface area contributed by atoms with E-state index in [1.807, 2.05) is 0 Å². The summed E-state index contributed by atoms with van der Waals surface area (Å²) in [4.78, 5) is 0. The zero-order valence-electron chi connectivity index (χ0n) is 8.27.